The summed E-state index contributed by atoms with van der Waals surface area (Å²) >= 11 is 0. The van der Waals surface area contributed by atoms with Crippen molar-refractivity contribution < 1.29 is 9.47 Å². The van der Waals surface area contributed by atoms with Crippen molar-refractivity contribution in [2.24, 2.45) is 5.73 Å². The lowest BCUT2D eigenvalue weighted by Gasteiger charge is -2.24. The van der Waals surface area contributed by atoms with E-state index >= 15 is 0 Å². The van der Waals surface area contributed by atoms with E-state index in [4.69, 9.17) is 15.2 Å². The molecule has 1 aromatic rings. The van der Waals surface area contributed by atoms with Gasteiger partial charge in [0.2, 0.25) is 6.79 Å². The second kappa shape index (κ2) is 10.1. The summed E-state index contributed by atoms with van der Waals surface area (Å²) in [6.07, 6.45) is 3.29. The molecule has 0 saturated heterocycles. The molecule has 1 aliphatic rings. The first kappa shape index (κ1) is 20.3. The molecule has 0 radical (unpaired) electrons. The Morgan fingerprint density at radius 2 is 1.90 bits per heavy atom. The number of hydrogen-bond acceptors (Lipinski definition) is 4. The standard InChI is InChI=1S/C15H24N2O2.2ClH/c1-12(17(2)8-4-3-7-16)9-13-5-6-14-15(10-13)19-11-18-14;;/h5-6,10,12H,3-4,7-9,11,16H2,1-2H3;2*1H. The van der Waals surface area contributed by atoms with Crippen molar-refractivity contribution in [1.29, 1.82) is 0 Å². The summed E-state index contributed by atoms with van der Waals surface area (Å²) < 4.78 is 10.7. The molecule has 0 fully saturated rings. The molecule has 0 saturated carbocycles. The zero-order chi connectivity index (χ0) is 13.7. The van der Waals surface area contributed by atoms with Gasteiger partial charge in [-0.3, -0.25) is 0 Å². The minimum absolute atomic E-state index is 0. The molecule has 1 aromatic carbocycles. The molecule has 0 amide bonds. The van der Waals surface area contributed by atoms with Crippen LogP contribution in [-0.2, 0) is 6.42 Å². The van der Waals surface area contributed by atoms with Crippen LogP contribution in [0.15, 0.2) is 18.2 Å². The topological polar surface area (TPSA) is 47.7 Å². The van der Waals surface area contributed by atoms with Crippen LogP contribution in [0.1, 0.15) is 25.3 Å². The largest absolute Gasteiger partial charge is 0.454 e. The predicted octanol–water partition coefficient (Wildman–Crippen LogP) is 2.86. The summed E-state index contributed by atoms with van der Waals surface area (Å²) in [5.41, 5.74) is 6.82. The Morgan fingerprint density at radius 3 is 2.62 bits per heavy atom. The van der Waals surface area contributed by atoms with Crippen LogP contribution in [0.25, 0.3) is 0 Å². The molecule has 2 N–H and O–H groups in total. The van der Waals surface area contributed by atoms with Crippen molar-refractivity contribution in [2.45, 2.75) is 32.2 Å². The lowest BCUT2D eigenvalue weighted by molar-refractivity contribution is 0.174. The molecule has 21 heavy (non-hydrogen) atoms. The lowest BCUT2D eigenvalue weighted by Crippen LogP contribution is -2.32. The zero-order valence-corrected chi connectivity index (χ0v) is 14.3. The molecular weight excluding hydrogens is 311 g/mol. The highest BCUT2D eigenvalue weighted by atomic mass is 35.5. The third kappa shape index (κ3) is 5.91. The van der Waals surface area contributed by atoms with E-state index in [1.54, 1.807) is 0 Å². The van der Waals surface area contributed by atoms with Gasteiger partial charge in [-0.2, -0.15) is 0 Å². The lowest BCUT2D eigenvalue weighted by atomic mass is 10.1. The number of hydrogen-bond donors (Lipinski definition) is 1. The molecule has 0 aliphatic carbocycles. The number of nitrogens with zero attached hydrogens (tertiary/aromatic N) is 1. The molecule has 0 aromatic heterocycles. The van der Waals surface area contributed by atoms with E-state index < -0.39 is 0 Å². The number of nitrogens with two attached hydrogens (primary N) is 1. The zero-order valence-electron chi connectivity index (χ0n) is 12.7. The quantitative estimate of drug-likeness (QED) is 0.778. The van der Waals surface area contributed by atoms with Crippen LogP contribution in [0.4, 0.5) is 0 Å². The first-order valence-electron chi connectivity index (χ1n) is 6.99. The van der Waals surface area contributed by atoms with Crippen LogP contribution in [0.3, 0.4) is 0 Å². The summed E-state index contributed by atoms with van der Waals surface area (Å²) in [6.45, 7) is 4.48. The van der Waals surface area contributed by atoms with E-state index in [1.807, 2.05) is 6.07 Å². The predicted molar refractivity (Wildman–Crippen MR) is 91.1 cm³/mol. The molecule has 1 unspecified atom stereocenters. The monoisotopic (exact) mass is 336 g/mol. The molecule has 1 heterocycles. The number of rotatable bonds is 7. The molecule has 4 nitrogen and oxygen atoms in total. The van der Waals surface area contributed by atoms with Crippen LogP contribution in [-0.4, -0.2) is 37.9 Å². The number of ether oxygens (including phenoxy) is 2. The first-order chi connectivity index (χ1) is 9.20. The Hall–Kier alpha value is -0.680. The first-order valence-corrected chi connectivity index (χ1v) is 6.99. The third-order valence-electron chi connectivity index (χ3n) is 3.69. The van der Waals surface area contributed by atoms with E-state index in [0.29, 0.717) is 12.8 Å². The molecule has 1 atom stereocenters. The molecule has 6 heteroatoms. The average Bonchev–Trinajstić information content (AvgIpc) is 2.86. The van der Waals surface area contributed by atoms with Gasteiger partial charge < -0.3 is 20.1 Å². The fraction of sp³-hybridized carbons (Fsp3) is 0.600. The normalized spacial score (nSPS) is 13.5. The van der Waals surface area contributed by atoms with Crippen molar-refractivity contribution in [1.82, 2.24) is 4.90 Å². The summed E-state index contributed by atoms with van der Waals surface area (Å²) in [5.74, 6) is 1.73. The molecule has 2 rings (SSSR count). The van der Waals surface area contributed by atoms with Gasteiger partial charge >= 0.3 is 0 Å². The van der Waals surface area contributed by atoms with Crippen LogP contribution < -0.4 is 15.2 Å². The Labute approximate surface area is 139 Å². The van der Waals surface area contributed by atoms with Crippen molar-refractivity contribution in [3.63, 3.8) is 0 Å². The maximum absolute atomic E-state index is 5.52. The molecule has 0 spiro atoms. The Balaban J connectivity index is 0.00000200. The van der Waals surface area contributed by atoms with Gasteiger partial charge in [0.05, 0.1) is 0 Å². The van der Waals surface area contributed by atoms with Gasteiger partial charge in [-0.1, -0.05) is 6.07 Å². The molecule has 1 aliphatic heterocycles. The smallest absolute Gasteiger partial charge is 0.231 e. The van der Waals surface area contributed by atoms with Gasteiger partial charge in [-0.05, 0) is 64.0 Å². The number of likely N-dealkylation sites (N-methyl/N-ethyl adjacent to an activating group) is 1. The number of fused-ring (bicyclic) bond motifs is 1. The molecule has 122 valence electrons. The SMILES string of the molecule is CC(Cc1ccc2c(c1)OCO2)N(C)CCCCN.Cl.Cl. The summed E-state index contributed by atoms with van der Waals surface area (Å²) in [5, 5.41) is 0. The van der Waals surface area contributed by atoms with Gasteiger partial charge in [0.25, 0.3) is 0 Å². The maximum atomic E-state index is 5.52. The number of benzene rings is 1. The third-order valence-corrected chi connectivity index (χ3v) is 3.69. The minimum atomic E-state index is 0. The Bertz CT molecular complexity index is 419. The highest BCUT2D eigenvalue weighted by Gasteiger charge is 2.15. The van der Waals surface area contributed by atoms with Gasteiger partial charge in [0.1, 0.15) is 0 Å². The highest BCUT2D eigenvalue weighted by Crippen LogP contribution is 2.32. The van der Waals surface area contributed by atoms with Crippen molar-refractivity contribution in [3.05, 3.63) is 23.8 Å². The summed E-state index contributed by atoms with van der Waals surface area (Å²) in [4.78, 5) is 2.39. The van der Waals surface area contributed by atoms with Crippen molar-refractivity contribution in [3.8, 4) is 11.5 Å². The Morgan fingerprint density at radius 1 is 1.19 bits per heavy atom. The van der Waals surface area contributed by atoms with Crippen LogP contribution >= 0.6 is 24.8 Å². The van der Waals surface area contributed by atoms with E-state index in [2.05, 4.69) is 31.0 Å². The minimum Gasteiger partial charge on any atom is -0.454 e. The fourth-order valence-electron chi connectivity index (χ4n) is 2.29. The fourth-order valence-corrected chi connectivity index (χ4v) is 2.29. The van der Waals surface area contributed by atoms with Crippen molar-refractivity contribution >= 4 is 24.8 Å². The molecule has 0 bridgehead atoms. The van der Waals surface area contributed by atoms with Gasteiger partial charge in [-0.15, -0.1) is 24.8 Å². The van der Waals surface area contributed by atoms with Crippen LogP contribution in [0.2, 0.25) is 0 Å². The van der Waals surface area contributed by atoms with E-state index in [9.17, 15) is 0 Å². The second-order valence-electron chi connectivity index (χ2n) is 5.22. The van der Waals surface area contributed by atoms with Crippen LogP contribution in [0, 0.1) is 0 Å². The summed E-state index contributed by atoms with van der Waals surface area (Å²) in [6, 6.07) is 6.72. The van der Waals surface area contributed by atoms with Gasteiger partial charge in [0.15, 0.2) is 11.5 Å². The average molecular weight is 337 g/mol. The van der Waals surface area contributed by atoms with Crippen LogP contribution in [0.5, 0.6) is 11.5 Å². The Kier molecular flexibility index (Phi) is 9.79. The number of unbranched alkanes of at least 4 members (excludes halogenated alkanes) is 1. The second-order valence-corrected chi connectivity index (χ2v) is 5.22. The van der Waals surface area contributed by atoms with Gasteiger partial charge in [-0.25, -0.2) is 0 Å². The van der Waals surface area contributed by atoms with E-state index in [0.717, 1.165) is 37.4 Å². The maximum Gasteiger partial charge on any atom is 0.231 e. The molecular formula is C15H26Cl2N2O2. The highest BCUT2D eigenvalue weighted by molar-refractivity contribution is 5.85. The van der Waals surface area contributed by atoms with E-state index in [1.165, 1.54) is 12.0 Å². The number of halogens is 2. The van der Waals surface area contributed by atoms with Gasteiger partial charge in [0, 0.05) is 6.04 Å². The van der Waals surface area contributed by atoms with E-state index in [-0.39, 0.29) is 24.8 Å². The summed E-state index contributed by atoms with van der Waals surface area (Å²) in [7, 11) is 2.17. The van der Waals surface area contributed by atoms with Crippen molar-refractivity contribution in [2.75, 3.05) is 26.9 Å².